The summed E-state index contributed by atoms with van der Waals surface area (Å²) < 4.78 is 13.2. The van der Waals surface area contributed by atoms with Crippen LogP contribution in [0.25, 0.3) is 0 Å². The summed E-state index contributed by atoms with van der Waals surface area (Å²) in [6.45, 7) is 5.56. The first kappa shape index (κ1) is 25.9. The van der Waals surface area contributed by atoms with E-state index in [-0.39, 0.29) is 41.1 Å². The van der Waals surface area contributed by atoms with Gasteiger partial charge in [0.15, 0.2) is 5.96 Å². The molecule has 0 unspecified atom stereocenters. The molecule has 2 aromatic carbocycles. The molecule has 0 saturated heterocycles. The van der Waals surface area contributed by atoms with E-state index in [1.54, 1.807) is 26.0 Å². The highest BCUT2D eigenvalue weighted by Gasteiger charge is 2.21. The second kappa shape index (κ2) is 11.9. The van der Waals surface area contributed by atoms with Crippen molar-refractivity contribution in [2.24, 2.45) is 4.99 Å². The molecule has 0 bridgehead atoms. The maximum Gasteiger partial charge on any atom is 0.253 e. The molecule has 2 N–H and O–H groups in total. The number of carbonyl (C=O) groups is 1. The van der Waals surface area contributed by atoms with Crippen molar-refractivity contribution in [3.05, 3.63) is 71.0 Å². The standard InChI is InChI=1S/C23H31FN4O.HI/c1-23(2,19-9-11-20(24)12-10-19)16-27-22(25-3)26-14-13-17-7-6-8-18(15-17)21(29)28(4)5;/h6-12,15H,13-14,16H2,1-5H3,(H2,25,26,27);1H. The zero-order valence-corrected chi connectivity index (χ0v) is 20.7. The molecule has 164 valence electrons. The fourth-order valence-corrected chi connectivity index (χ4v) is 2.97. The van der Waals surface area contributed by atoms with Crippen LogP contribution in [0.3, 0.4) is 0 Å². The van der Waals surface area contributed by atoms with E-state index in [4.69, 9.17) is 0 Å². The third-order valence-electron chi connectivity index (χ3n) is 4.83. The van der Waals surface area contributed by atoms with Gasteiger partial charge in [-0.05, 0) is 41.8 Å². The Morgan fingerprint density at radius 3 is 2.37 bits per heavy atom. The summed E-state index contributed by atoms with van der Waals surface area (Å²) in [4.78, 5) is 17.9. The summed E-state index contributed by atoms with van der Waals surface area (Å²) in [6.07, 6.45) is 0.774. The third-order valence-corrected chi connectivity index (χ3v) is 4.83. The fourth-order valence-electron chi connectivity index (χ4n) is 2.97. The van der Waals surface area contributed by atoms with Crippen LogP contribution in [-0.4, -0.2) is 51.0 Å². The van der Waals surface area contributed by atoms with Crippen LogP contribution in [0.4, 0.5) is 4.39 Å². The van der Waals surface area contributed by atoms with Gasteiger partial charge in [0.2, 0.25) is 0 Å². The van der Waals surface area contributed by atoms with Crippen LogP contribution in [0.2, 0.25) is 0 Å². The highest BCUT2D eigenvalue weighted by atomic mass is 127. The SMILES string of the molecule is CN=C(NCCc1cccc(C(=O)N(C)C)c1)NCC(C)(C)c1ccc(F)cc1.I. The number of guanidine groups is 1. The topological polar surface area (TPSA) is 56.7 Å². The molecular weight excluding hydrogens is 494 g/mol. The summed E-state index contributed by atoms with van der Waals surface area (Å²) in [5.74, 6) is 0.479. The van der Waals surface area contributed by atoms with Gasteiger partial charge in [-0.3, -0.25) is 9.79 Å². The number of halogens is 2. The number of rotatable bonds is 7. The number of carbonyl (C=O) groups excluding carboxylic acids is 1. The number of amides is 1. The molecule has 0 heterocycles. The number of benzene rings is 2. The van der Waals surface area contributed by atoms with Crippen molar-refractivity contribution < 1.29 is 9.18 Å². The van der Waals surface area contributed by atoms with Crippen LogP contribution in [-0.2, 0) is 11.8 Å². The monoisotopic (exact) mass is 526 g/mol. The van der Waals surface area contributed by atoms with Crippen LogP contribution >= 0.6 is 24.0 Å². The molecule has 0 aliphatic heterocycles. The third kappa shape index (κ3) is 7.59. The molecule has 0 spiro atoms. The van der Waals surface area contributed by atoms with Crippen molar-refractivity contribution in [1.82, 2.24) is 15.5 Å². The summed E-state index contributed by atoms with van der Waals surface area (Å²) in [5, 5.41) is 6.64. The van der Waals surface area contributed by atoms with Gasteiger partial charge < -0.3 is 15.5 Å². The summed E-state index contributed by atoms with van der Waals surface area (Å²) in [7, 11) is 5.23. The molecule has 0 aliphatic rings. The van der Waals surface area contributed by atoms with E-state index in [2.05, 4.69) is 29.5 Å². The van der Waals surface area contributed by atoms with E-state index < -0.39 is 0 Å². The lowest BCUT2D eigenvalue weighted by Gasteiger charge is -2.26. The minimum atomic E-state index is -0.230. The lowest BCUT2D eigenvalue weighted by atomic mass is 9.84. The van der Waals surface area contributed by atoms with Gasteiger partial charge in [-0.25, -0.2) is 4.39 Å². The van der Waals surface area contributed by atoms with Gasteiger partial charge in [-0.15, -0.1) is 24.0 Å². The van der Waals surface area contributed by atoms with Crippen LogP contribution in [0.1, 0.15) is 35.3 Å². The van der Waals surface area contributed by atoms with E-state index in [9.17, 15) is 9.18 Å². The summed E-state index contributed by atoms with van der Waals surface area (Å²) in [6, 6.07) is 14.3. The Morgan fingerprint density at radius 2 is 1.77 bits per heavy atom. The molecule has 5 nitrogen and oxygen atoms in total. The molecule has 0 fully saturated rings. The number of hydrogen-bond donors (Lipinski definition) is 2. The smallest absolute Gasteiger partial charge is 0.253 e. The van der Waals surface area contributed by atoms with Crippen LogP contribution in [0.5, 0.6) is 0 Å². The molecule has 0 radical (unpaired) electrons. The Labute approximate surface area is 196 Å². The quantitative estimate of drug-likeness (QED) is 0.328. The van der Waals surface area contributed by atoms with Gasteiger partial charge in [0.1, 0.15) is 5.82 Å². The minimum absolute atomic E-state index is 0. The van der Waals surface area contributed by atoms with Crippen molar-refractivity contribution >= 4 is 35.8 Å². The van der Waals surface area contributed by atoms with Crippen LogP contribution in [0.15, 0.2) is 53.5 Å². The van der Waals surface area contributed by atoms with Crippen molar-refractivity contribution in [2.75, 3.05) is 34.2 Å². The Morgan fingerprint density at radius 1 is 1.10 bits per heavy atom. The van der Waals surface area contributed by atoms with Gasteiger partial charge in [-0.1, -0.05) is 38.1 Å². The second-order valence-corrected chi connectivity index (χ2v) is 7.89. The van der Waals surface area contributed by atoms with Gasteiger partial charge in [0.25, 0.3) is 5.91 Å². The van der Waals surface area contributed by atoms with Crippen molar-refractivity contribution in [1.29, 1.82) is 0 Å². The second-order valence-electron chi connectivity index (χ2n) is 7.89. The number of nitrogens with zero attached hydrogens (tertiary/aromatic N) is 2. The van der Waals surface area contributed by atoms with Crippen molar-refractivity contribution in [3.8, 4) is 0 Å². The van der Waals surface area contributed by atoms with E-state index in [0.717, 1.165) is 17.5 Å². The summed E-state index contributed by atoms with van der Waals surface area (Å²) >= 11 is 0. The first-order chi connectivity index (χ1) is 13.7. The zero-order valence-electron chi connectivity index (χ0n) is 18.3. The van der Waals surface area contributed by atoms with Gasteiger partial charge in [0.05, 0.1) is 0 Å². The van der Waals surface area contributed by atoms with Crippen LogP contribution in [0, 0.1) is 5.82 Å². The zero-order chi connectivity index (χ0) is 21.4. The molecule has 0 saturated carbocycles. The molecular formula is C23H32FIN4O. The molecule has 2 rings (SSSR count). The largest absolute Gasteiger partial charge is 0.356 e. The first-order valence-electron chi connectivity index (χ1n) is 9.74. The normalized spacial score (nSPS) is 11.5. The average Bonchev–Trinajstić information content (AvgIpc) is 2.70. The lowest BCUT2D eigenvalue weighted by molar-refractivity contribution is 0.0827. The predicted molar refractivity (Wildman–Crippen MR) is 132 cm³/mol. The highest BCUT2D eigenvalue weighted by molar-refractivity contribution is 14.0. The summed E-state index contributed by atoms with van der Waals surface area (Å²) in [5.41, 5.74) is 2.67. The molecule has 0 aliphatic carbocycles. The van der Waals surface area contributed by atoms with E-state index in [0.29, 0.717) is 24.6 Å². The minimum Gasteiger partial charge on any atom is -0.356 e. The maximum atomic E-state index is 13.2. The maximum absolute atomic E-state index is 13.2. The number of nitrogens with one attached hydrogen (secondary N) is 2. The van der Waals surface area contributed by atoms with Crippen molar-refractivity contribution in [3.63, 3.8) is 0 Å². The van der Waals surface area contributed by atoms with Gasteiger partial charge in [-0.2, -0.15) is 0 Å². The predicted octanol–water partition coefficient (Wildman–Crippen LogP) is 3.83. The Hall–Kier alpha value is -2.16. The molecule has 7 heteroatoms. The number of hydrogen-bond acceptors (Lipinski definition) is 2. The van der Waals surface area contributed by atoms with E-state index in [1.807, 2.05) is 36.4 Å². The molecule has 2 aromatic rings. The van der Waals surface area contributed by atoms with Gasteiger partial charge >= 0.3 is 0 Å². The Kier molecular flexibility index (Phi) is 10.2. The van der Waals surface area contributed by atoms with Crippen LogP contribution < -0.4 is 10.6 Å². The highest BCUT2D eigenvalue weighted by Crippen LogP contribution is 2.22. The first-order valence-corrected chi connectivity index (χ1v) is 9.74. The van der Waals surface area contributed by atoms with E-state index in [1.165, 1.54) is 12.1 Å². The molecule has 1 amide bonds. The fraction of sp³-hybridized carbons (Fsp3) is 0.391. The van der Waals surface area contributed by atoms with Gasteiger partial charge in [0, 0.05) is 45.2 Å². The number of aliphatic imine (C=N–C) groups is 1. The Bertz CT molecular complexity index is 851. The molecule has 30 heavy (non-hydrogen) atoms. The lowest BCUT2D eigenvalue weighted by Crippen LogP contribution is -2.44. The van der Waals surface area contributed by atoms with Crippen molar-refractivity contribution in [2.45, 2.75) is 25.7 Å². The Balaban J connectivity index is 0.00000450. The average molecular weight is 526 g/mol. The molecule has 0 aromatic heterocycles. The molecule has 0 atom stereocenters. The van der Waals surface area contributed by atoms with E-state index >= 15 is 0 Å².